The van der Waals surface area contributed by atoms with E-state index in [4.69, 9.17) is 0 Å². The summed E-state index contributed by atoms with van der Waals surface area (Å²) in [5.41, 5.74) is 7.98. The third kappa shape index (κ3) is 2.14. The van der Waals surface area contributed by atoms with Gasteiger partial charge in [-0.2, -0.15) is 0 Å². The van der Waals surface area contributed by atoms with Crippen molar-refractivity contribution in [1.29, 1.82) is 0 Å². The minimum absolute atomic E-state index is 0.640. The van der Waals surface area contributed by atoms with Gasteiger partial charge in [0.25, 0.3) is 0 Å². The quantitative estimate of drug-likeness (QED) is 0.293. The molecule has 4 aliphatic rings. The van der Waals surface area contributed by atoms with Crippen LogP contribution in [-0.4, -0.2) is 3.92 Å². The second-order valence-electron chi connectivity index (χ2n) is 5.84. The fourth-order valence-corrected chi connectivity index (χ4v) is 5.06. The average Bonchev–Trinajstić information content (AvgIpc) is 2.47. The Morgan fingerprint density at radius 2 is 1.95 bits per heavy atom. The van der Waals surface area contributed by atoms with Crippen LogP contribution >= 0.6 is 45.2 Å². The Hall–Kier alpha value is -0.100. The van der Waals surface area contributed by atoms with Crippen molar-refractivity contribution >= 4 is 45.2 Å². The van der Waals surface area contributed by atoms with Crippen molar-refractivity contribution in [3.8, 4) is 0 Å². The molecule has 0 amide bonds. The molecule has 2 heteroatoms. The normalized spacial score (nSPS) is 31.5. The molecule has 0 bridgehead atoms. The lowest BCUT2D eigenvalue weighted by Gasteiger charge is -2.38. The monoisotopic (exact) mass is 486 g/mol. The van der Waals surface area contributed by atoms with E-state index >= 15 is 0 Å². The standard InChI is InChI=1S/C18H16I2/c19-11-5-7-15-16-8-6-12(20)10-18(16)14-4-2-1-3-13(14)17(15)9-11/h1,3,5-8,11,18H,2,4,9-10H2. The van der Waals surface area contributed by atoms with Crippen LogP contribution in [-0.2, 0) is 0 Å². The van der Waals surface area contributed by atoms with Gasteiger partial charge in [0, 0.05) is 9.84 Å². The predicted octanol–water partition coefficient (Wildman–Crippen LogP) is 5.97. The summed E-state index contributed by atoms with van der Waals surface area (Å²) in [4.78, 5) is 0. The molecule has 0 aliphatic heterocycles. The minimum atomic E-state index is 0.640. The van der Waals surface area contributed by atoms with Crippen molar-refractivity contribution in [2.24, 2.45) is 5.92 Å². The van der Waals surface area contributed by atoms with E-state index in [1.54, 1.807) is 22.3 Å². The van der Waals surface area contributed by atoms with Crippen LogP contribution in [0.5, 0.6) is 0 Å². The van der Waals surface area contributed by atoms with Gasteiger partial charge in [-0.1, -0.05) is 64.6 Å². The number of fused-ring (bicyclic) bond motifs is 4. The molecule has 0 heterocycles. The van der Waals surface area contributed by atoms with Crippen molar-refractivity contribution in [2.45, 2.75) is 29.6 Å². The van der Waals surface area contributed by atoms with Crippen LogP contribution in [0.4, 0.5) is 0 Å². The molecule has 0 radical (unpaired) electrons. The fourth-order valence-electron chi connectivity index (χ4n) is 3.80. The molecule has 0 aromatic carbocycles. The van der Waals surface area contributed by atoms with Gasteiger partial charge < -0.3 is 0 Å². The molecule has 0 aromatic heterocycles. The van der Waals surface area contributed by atoms with Crippen LogP contribution in [0.3, 0.4) is 0 Å². The summed E-state index contributed by atoms with van der Waals surface area (Å²) in [6.45, 7) is 0. The van der Waals surface area contributed by atoms with Gasteiger partial charge in [0.15, 0.2) is 0 Å². The van der Waals surface area contributed by atoms with Gasteiger partial charge in [0.05, 0.1) is 0 Å². The van der Waals surface area contributed by atoms with Gasteiger partial charge in [-0.05, 0) is 74.1 Å². The van der Waals surface area contributed by atoms with Gasteiger partial charge in [-0.3, -0.25) is 0 Å². The lowest BCUT2D eigenvalue weighted by Crippen LogP contribution is -2.23. The summed E-state index contributed by atoms with van der Waals surface area (Å²) < 4.78 is 2.14. The van der Waals surface area contributed by atoms with E-state index in [0.717, 1.165) is 0 Å². The smallest absolute Gasteiger partial charge is 0.0333 e. The Bertz CT molecular complexity index is 653. The molecule has 0 aromatic rings. The molecule has 0 saturated carbocycles. The molecule has 2 unspecified atom stereocenters. The van der Waals surface area contributed by atoms with Gasteiger partial charge in [-0.25, -0.2) is 0 Å². The summed E-state index contributed by atoms with van der Waals surface area (Å²) in [5, 5.41) is 0. The second-order valence-corrected chi connectivity index (χ2v) is 8.83. The van der Waals surface area contributed by atoms with Crippen molar-refractivity contribution in [3.05, 3.63) is 67.9 Å². The van der Waals surface area contributed by atoms with Gasteiger partial charge in [0.2, 0.25) is 0 Å². The van der Waals surface area contributed by atoms with Crippen LogP contribution in [0.1, 0.15) is 25.7 Å². The first-order valence-electron chi connectivity index (χ1n) is 7.26. The van der Waals surface area contributed by atoms with Gasteiger partial charge in [-0.15, -0.1) is 0 Å². The highest BCUT2D eigenvalue weighted by Crippen LogP contribution is 2.50. The van der Waals surface area contributed by atoms with Crippen LogP contribution in [0.2, 0.25) is 0 Å². The molecule has 102 valence electrons. The highest BCUT2D eigenvalue weighted by molar-refractivity contribution is 14.1. The molecular formula is C18H16I2. The second kappa shape index (κ2) is 5.27. The molecule has 0 fully saturated rings. The molecule has 0 nitrogen and oxygen atoms in total. The van der Waals surface area contributed by atoms with Gasteiger partial charge in [0.1, 0.15) is 0 Å². The van der Waals surface area contributed by atoms with E-state index in [2.05, 4.69) is 81.6 Å². The van der Waals surface area contributed by atoms with Crippen LogP contribution in [0.25, 0.3) is 0 Å². The number of hydrogen-bond acceptors (Lipinski definition) is 0. The number of allylic oxidation sites excluding steroid dienone is 12. The topological polar surface area (TPSA) is 0 Å². The summed E-state index contributed by atoms with van der Waals surface area (Å²) in [6, 6.07) is 0. The van der Waals surface area contributed by atoms with E-state index in [1.807, 2.05) is 0 Å². The van der Waals surface area contributed by atoms with Crippen LogP contribution in [0.15, 0.2) is 67.9 Å². The molecule has 0 N–H and O–H groups in total. The first kappa shape index (κ1) is 13.6. The molecule has 4 aliphatic carbocycles. The lowest BCUT2D eigenvalue weighted by atomic mass is 9.68. The van der Waals surface area contributed by atoms with Crippen molar-refractivity contribution in [1.82, 2.24) is 0 Å². The summed E-state index contributed by atoms with van der Waals surface area (Å²) in [6.07, 6.45) is 19.1. The maximum Gasteiger partial charge on any atom is 0.0333 e. The first-order chi connectivity index (χ1) is 9.74. The molecule has 0 spiro atoms. The van der Waals surface area contributed by atoms with E-state index in [0.29, 0.717) is 9.84 Å². The minimum Gasteiger partial charge on any atom is -0.0836 e. The third-order valence-electron chi connectivity index (χ3n) is 4.68. The van der Waals surface area contributed by atoms with E-state index in [1.165, 1.54) is 34.8 Å². The number of rotatable bonds is 0. The highest BCUT2D eigenvalue weighted by Gasteiger charge is 2.34. The van der Waals surface area contributed by atoms with Crippen LogP contribution in [0, 0.1) is 5.92 Å². The number of alkyl halides is 1. The van der Waals surface area contributed by atoms with E-state index < -0.39 is 0 Å². The highest BCUT2D eigenvalue weighted by atomic mass is 127. The lowest BCUT2D eigenvalue weighted by molar-refractivity contribution is 0.654. The zero-order valence-corrected chi connectivity index (χ0v) is 15.5. The maximum absolute atomic E-state index is 2.56. The first-order valence-corrected chi connectivity index (χ1v) is 9.58. The largest absolute Gasteiger partial charge is 0.0836 e. The molecule has 2 atom stereocenters. The summed E-state index contributed by atoms with van der Waals surface area (Å²) in [5.74, 6) is 0.640. The molecular weight excluding hydrogens is 470 g/mol. The van der Waals surface area contributed by atoms with E-state index in [9.17, 15) is 0 Å². The zero-order valence-electron chi connectivity index (χ0n) is 11.2. The molecule has 4 rings (SSSR count). The zero-order chi connectivity index (χ0) is 13.7. The predicted molar refractivity (Wildman–Crippen MR) is 102 cm³/mol. The van der Waals surface area contributed by atoms with Crippen molar-refractivity contribution in [3.63, 3.8) is 0 Å². The van der Waals surface area contributed by atoms with Crippen molar-refractivity contribution in [2.75, 3.05) is 0 Å². The van der Waals surface area contributed by atoms with Gasteiger partial charge >= 0.3 is 0 Å². The third-order valence-corrected chi connectivity index (χ3v) is 6.34. The Kier molecular flexibility index (Phi) is 3.57. The number of hydrogen-bond donors (Lipinski definition) is 0. The number of halogens is 2. The summed E-state index contributed by atoms with van der Waals surface area (Å²) >= 11 is 5.06. The summed E-state index contributed by atoms with van der Waals surface area (Å²) in [7, 11) is 0. The average molecular weight is 486 g/mol. The fraction of sp³-hybridized carbons (Fsp3) is 0.333. The SMILES string of the molecule is IC1=CC=C2C3=C(CC(I)C=C3)C3=C(CCC=C3)C2C1. The Labute approximate surface area is 147 Å². The maximum atomic E-state index is 2.56. The van der Waals surface area contributed by atoms with E-state index in [-0.39, 0.29) is 0 Å². The molecule has 0 saturated heterocycles. The van der Waals surface area contributed by atoms with Crippen LogP contribution < -0.4 is 0 Å². The Morgan fingerprint density at radius 3 is 2.85 bits per heavy atom. The molecule has 20 heavy (non-hydrogen) atoms. The Balaban J connectivity index is 1.93. The van der Waals surface area contributed by atoms with Crippen molar-refractivity contribution < 1.29 is 0 Å². The Morgan fingerprint density at radius 1 is 1.05 bits per heavy atom.